The Morgan fingerprint density at radius 2 is 2.06 bits per heavy atom. The lowest BCUT2D eigenvalue weighted by Crippen LogP contribution is -2.50. The molecule has 1 saturated carbocycles. The van der Waals surface area contributed by atoms with Crippen LogP contribution in [0.3, 0.4) is 0 Å². The molecule has 2 rings (SSSR count). The van der Waals surface area contributed by atoms with Crippen molar-refractivity contribution in [3.63, 3.8) is 0 Å². The fraction of sp³-hybridized carbons (Fsp3) is 0.909. The highest BCUT2D eigenvalue weighted by Gasteiger charge is 2.28. The molecule has 16 heavy (non-hydrogen) atoms. The Hall–Kier alpha value is 0.160. The van der Waals surface area contributed by atoms with Gasteiger partial charge in [-0.2, -0.15) is 0 Å². The van der Waals surface area contributed by atoms with Crippen molar-refractivity contribution in [2.24, 2.45) is 0 Å². The summed E-state index contributed by atoms with van der Waals surface area (Å²) >= 11 is 7.18. The highest BCUT2D eigenvalue weighted by atomic mass is 32.2. The van der Waals surface area contributed by atoms with E-state index >= 15 is 0 Å². The van der Waals surface area contributed by atoms with Crippen molar-refractivity contribution in [2.45, 2.75) is 38.1 Å². The van der Waals surface area contributed by atoms with Gasteiger partial charge in [0.1, 0.15) is 4.32 Å². The van der Waals surface area contributed by atoms with Crippen molar-refractivity contribution < 1.29 is 5.11 Å². The summed E-state index contributed by atoms with van der Waals surface area (Å²) in [7, 11) is 0. The molecular weight excluding hydrogens is 240 g/mol. The molecular formula is C11H20N2OS2. The van der Waals surface area contributed by atoms with Gasteiger partial charge in [0.15, 0.2) is 0 Å². The van der Waals surface area contributed by atoms with Crippen LogP contribution in [-0.2, 0) is 0 Å². The lowest BCUT2D eigenvalue weighted by Gasteiger charge is -2.42. The summed E-state index contributed by atoms with van der Waals surface area (Å²) < 4.78 is 1.06. The first kappa shape index (κ1) is 12.6. The molecule has 0 aromatic heterocycles. The van der Waals surface area contributed by atoms with E-state index in [-0.39, 0.29) is 6.61 Å². The first-order valence-corrected chi connectivity index (χ1v) is 7.47. The summed E-state index contributed by atoms with van der Waals surface area (Å²) in [6.45, 7) is 1.92. The quantitative estimate of drug-likeness (QED) is 0.782. The molecule has 0 amide bonds. The monoisotopic (exact) mass is 260 g/mol. The number of rotatable bonds is 3. The summed E-state index contributed by atoms with van der Waals surface area (Å²) in [4.78, 5) is 4.65. The zero-order chi connectivity index (χ0) is 11.4. The number of nitrogens with zero attached hydrogens (tertiary/aromatic N) is 2. The van der Waals surface area contributed by atoms with Gasteiger partial charge >= 0.3 is 0 Å². The molecule has 5 heteroatoms. The molecule has 1 aliphatic heterocycles. The molecule has 0 radical (unpaired) electrons. The Morgan fingerprint density at radius 3 is 2.75 bits per heavy atom. The van der Waals surface area contributed by atoms with Crippen molar-refractivity contribution in [1.82, 2.24) is 9.80 Å². The molecule has 1 saturated heterocycles. The Bertz CT molecular complexity index is 244. The van der Waals surface area contributed by atoms with E-state index < -0.39 is 0 Å². The van der Waals surface area contributed by atoms with Crippen molar-refractivity contribution in [3.05, 3.63) is 0 Å². The third-order valence-corrected chi connectivity index (χ3v) is 4.95. The zero-order valence-electron chi connectivity index (χ0n) is 9.60. The summed E-state index contributed by atoms with van der Waals surface area (Å²) in [5.41, 5.74) is 0. The molecule has 2 fully saturated rings. The number of hydrogen-bond acceptors (Lipinski definition) is 4. The van der Waals surface area contributed by atoms with Gasteiger partial charge in [0.25, 0.3) is 0 Å². The van der Waals surface area contributed by atoms with E-state index in [4.69, 9.17) is 17.3 Å². The van der Waals surface area contributed by atoms with E-state index in [1.54, 1.807) is 11.8 Å². The smallest absolute Gasteiger partial charge is 0.138 e. The van der Waals surface area contributed by atoms with Gasteiger partial charge in [-0.05, 0) is 12.8 Å². The van der Waals surface area contributed by atoms with Crippen LogP contribution in [0.5, 0.6) is 0 Å². The molecule has 92 valence electrons. The van der Waals surface area contributed by atoms with Gasteiger partial charge in [-0.3, -0.25) is 4.90 Å². The molecule has 0 unspecified atom stereocenters. The standard InChI is InChI=1S/C11H20N2OS2/c14-7-6-12-8-13(11(15)16-9-12)10-4-2-1-3-5-10/h10,14H,1-9H2. The molecule has 0 aromatic rings. The first-order chi connectivity index (χ1) is 7.81. The third kappa shape index (κ3) is 3.09. The van der Waals surface area contributed by atoms with Crippen LogP contribution in [-0.4, -0.2) is 51.0 Å². The molecule has 2 aliphatic rings. The maximum Gasteiger partial charge on any atom is 0.138 e. The number of β-amino-alcohol motifs (C(OH)–C–C–N with tert-alkyl or cyclic N) is 1. The van der Waals surface area contributed by atoms with Gasteiger partial charge in [-0.1, -0.05) is 43.2 Å². The third-order valence-electron chi connectivity index (χ3n) is 3.39. The minimum Gasteiger partial charge on any atom is -0.395 e. The van der Waals surface area contributed by atoms with Crippen molar-refractivity contribution >= 4 is 28.3 Å². The molecule has 1 N–H and O–H groups in total. The van der Waals surface area contributed by atoms with E-state index in [1.807, 2.05) is 0 Å². The molecule has 1 heterocycles. The summed E-state index contributed by atoms with van der Waals surface area (Å²) in [5.74, 6) is 0.933. The zero-order valence-corrected chi connectivity index (χ0v) is 11.2. The van der Waals surface area contributed by atoms with Gasteiger partial charge in [0.2, 0.25) is 0 Å². The fourth-order valence-corrected chi connectivity index (χ4v) is 3.72. The van der Waals surface area contributed by atoms with Crippen LogP contribution in [0.4, 0.5) is 0 Å². The maximum absolute atomic E-state index is 8.98. The van der Waals surface area contributed by atoms with Crippen LogP contribution >= 0.6 is 24.0 Å². The Labute approximate surface area is 107 Å². The van der Waals surface area contributed by atoms with Crippen molar-refractivity contribution in [3.8, 4) is 0 Å². The largest absolute Gasteiger partial charge is 0.395 e. The Kier molecular flexibility index (Phi) is 4.88. The van der Waals surface area contributed by atoms with Gasteiger partial charge in [0.05, 0.1) is 19.2 Å². The van der Waals surface area contributed by atoms with E-state index in [9.17, 15) is 0 Å². The average molecular weight is 260 g/mol. The minimum absolute atomic E-state index is 0.242. The predicted octanol–water partition coefficient (Wildman–Crippen LogP) is 1.86. The number of hydrogen-bond donors (Lipinski definition) is 1. The lowest BCUT2D eigenvalue weighted by atomic mass is 9.95. The second-order valence-corrected chi connectivity index (χ2v) is 6.14. The molecule has 0 spiro atoms. The van der Waals surface area contributed by atoms with Crippen LogP contribution in [0.25, 0.3) is 0 Å². The molecule has 0 aromatic carbocycles. The maximum atomic E-state index is 8.98. The van der Waals surface area contributed by atoms with E-state index in [0.717, 1.165) is 23.4 Å². The van der Waals surface area contributed by atoms with Crippen LogP contribution in [0.1, 0.15) is 32.1 Å². The van der Waals surface area contributed by atoms with Gasteiger partial charge < -0.3 is 10.0 Å². The van der Waals surface area contributed by atoms with Crippen LogP contribution < -0.4 is 0 Å². The average Bonchev–Trinajstić information content (AvgIpc) is 2.33. The second kappa shape index (κ2) is 6.19. The summed E-state index contributed by atoms with van der Waals surface area (Å²) in [6.07, 6.45) is 6.63. The summed E-state index contributed by atoms with van der Waals surface area (Å²) in [5, 5.41) is 8.98. The highest BCUT2D eigenvalue weighted by Crippen LogP contribution is 2.28. The van der Waals surface area contributed by atoms with E-state index in [1.165, 1.54) is 32.1 Å². The van der Waals surface area contributed by atoms with E-state index in [0.29, 0.717) is 6.04 Å². The number of aliphatic hydroxyl groups excluding tert-OH is 1. The highest BCUT2D eigenvalue weighted by molar-refractivity contribution is 8.22. The Morgan fingerprint density at radius 1 is 1.31 bits per heavy atom. The van der Waals surface area contributed by atoms with Crippen LogP contribution in [0.2, 0.25) is 0 Å². The van der Waals surface area contributed by atoms with Gasteiger partial charge in [-0.15, -0.1) is 0 Å². The van der Waals surface area contributed by atoms with Crippen molar-refractivity contribution in [2.75, 3.05) is 25.7 Å². The Balaban J connectivity index is 1.91. The van der Waals surface area contributed by atoms with Crippen LogP contribution in [0.15, 0.2) is 0 Å². The minimum atomic E-state index is 0.242. The predicted molar refractivity (Wildman–Crippen MR) is 72.4 cm³/mol. The second-order valence-electron chi connectivity index (χ2n) is 4.56. The number of thiocarbonyl (C=S) groups is 1. The number of aliphatic hydroxyl groups is 1. The first-order valence-electron chi connectivity index (χ1n) is 6.08. The number of thioether (sulfide) groups is 1. The normalized spacial score (nSPS) is 25.1. The molecule has 1 aliphatic carbocycles. The van der Waals surface area contributed by atoms with Crippen LogP contribution in [0, 0.1) is 0 Å². The fourth-order valence-electron chi connectivity index (χ4n) is 2.48. The molecule has 0 bridgehead atoms. The lowest BCUT2D eigenvalue weighted by molar-refractivity contribution is 0.130. The molecule has 3 nitrogen and oxygen atoms in total. The van der Waals surface area contributed by atoms with Gasteiger partial charge in [0, 0.05) is 12.6 Å². The SMILES string of the molecule is OCCN1CSC(=S)N(C2CCCCC2)C1. The van der Waals surface area contributed by atoms with E-state index in [2.05, 4.69) is 9.80 Å². The summed E-state index contributed by atoms with van der Waals surface area (Å²) in [6, 6.07) is 0.648. The van der Waals surface area contributed by atoms with Gasteiger partial charge in [-0.25, -0.2) is 0 Å². The van der Waals surface area contributed by atoms with Crippen molar-refractivity contribution in [1.29, 1.82) is 0 Å². The molecule has 0 atom stereocenters. The topological polar surface area (TPSA) is 26.7 Å².